The average molecular weight is 215 g/mol. The molecule has 0 amide bonds. The number of nitrogens with zero attached hydrogens (tertiary/aromatic N) is 1. The van der Waals surface area contributed by atoms with Crippen molar-refractivity contribution in [1.29, 1.82) is 0 Å². The van der Waals surface area contributed by atoms with Crippen molar-refractivity contribution in [3.05, 3.63) is 42.0 Å². The van der Waals surface area contributed by atoms with Crippen LogP contribution in [0.25, 0.3) is 11.0 Å². The van der Waals surface area contributed by atoms with Crippen LogP contribution in [0.3, 0.4) is 0 Å². The Labute approximate surface area is 93.3 Å². The molecule has 1 aliphatic rings. The number of hydrogen-bond acceptors (Lipinski definition) is 3. The van der Waals surface area contributed by atoms with E-state index in [1.165, 1.54) is 0 Å². The smallest absolute Gasteiger partial charge is 0.227 e. The van der Waals surface area contributed by atoms with Gasteiger partial charge in [-0.15, -0.1) is 0 Å². The number of allylic oxidation sites excluding steroid dienone is 1. The van der Waals surface area contributed by atoms with E-state index in [2.05, 4.69) is 22.2 Å². The third kappa shape index (κ3) is 1.43. The van der Waals surface area contributed by atoms with Gasteiger partial charge in [0.15, 0.2) is 5.82 Å². The summed E-state index contributed by atoms with van der Waals surface area (Å²) in [6.07, 6.45) is 2.52. The second-order valence-corrected chi connectivity index (χ2v) is 3.80. The Morgan fingerprint density at radius 3 is 3.00 bits per heavy atom. The van der Waals surface area contributed by atoms with Crippen LogP contribution >= 0.6 is 0 Å². The second kappa shape index (κ2) is 3.56. The van der Waals surface area contributed by atoms with Crippen LogP contribution in [0.2, 0.25) is 0 Å². The maximum absolute atomic E-state index is 5.51. The van der Waals surface area contributed by atoms with E-state index in [0.717, 1.165) is 29.0 Å². The van der Waals surface area contributed by atoms with Crippen LogP contribution in [0.15, 0.2) is 36.2 Å². The summed E-state index contributed by atoms with van der Waals surface area (Å²) in [5, 5.41) is 3.26. The average Bonchev–Trinajstić information content (AvgIpc) is 2.95. The number of benzene rings is 1. The Balaban J connectivity index is 1.90. The molecular formula is C12H13N3O. The van der Waals surface area contributed by atoms with Crippen molar-refractivity contribution in [3.63, 3.8) is 0 Å². The monoisotopic (exact) mass is 215 g/mol. The van der Waals surface area contributed by atoms with E-state index in [1.807, 2.05) is 24.3 Å². The molecule has 16 heavy (non-hydrogen) atoms. The lowest BCUT2D eigenvalue weighted by Crippen LogP contribution is -2.16. The lowest BCUT2D eigenvalue weighted by Gasteiger charge is -2.08. The Morgan fingerprint density at radius 2 is 2.25 bits per heavy atom. The van der Waals surface area contributed by atoms with Gasteiger partial charge in [-0.3, -0.25) is 0 Å². The van der Waals surface area contributed by atoms with Gasteiger partial charge in [0, 0.05) is 5.70 Å². The summed E-state index contributed by atoms with van der Waals surface area (Å²) >= 11 is 0. The van der Waals surface area contributed by atoms with E-state index in [1.54, 1.807) is 6.26 Å². The molecule has 0 saturated heterocycles. The number of para-hydroxylation sites is 2. The second-order valence-electron chi connectivity index (χ2n) is 3.80. The number of aromatic nitrogens is 2. The van der Waals surface area contributed by atoms with E-state index < -0.39 is 0 Å². The normalized spacial score (nSPS) is 19.3. The predicted molar refractivity (Wildman–Crippen MR) is 61.4 cm³/mol. The molecule has 82 valence electrons. The van der Waals surface area contributed by atoms with E-state index in [0.29, 0.717) is 0 Å². The topological polar surface area (TPSA) is 49.9 Å². The number of hydrogen-bond donors (Lipinski definition) is 2. The number of fused-ring (bicyclic) bond motifs is 1. The molecule has 2 aromatic rings. The van der Waals surface area contributed by atoms with Crippen molar-refractivity contribution < 1.29 is 4.74 Å². The third-order valence-corrected chi connectivity index (χ3v) is 2.70. The van der Waals surface area contributed by atoms with Crippen LogP contribution in [-0.2, 0) is 4.74 Å². The van der Waals surface area contributed by atoms with Gasteiger partial charge in [-0.2, -0.15) is 0 Å². The number of ether oxygens (including phenoxy) is 1. The number of imidazole rings is 1. The molecule has 1 aromatic carbocycles. The van der Waals surface area contributed by atoms with Crippen LogP contribution in [-0.4, -0.2) is 9.97 Å². The van der Waals surface area contributed by atoms with Crippen molar-refractivity contribution in [2.24, 2.45) is 0 Å². The molecule has 0 fully saturated rings. The lowest BCUT2D eigenvalue weighted by atomic mass is 10.3. The van der Waals surface area contributed by atoms with Gasteiger partial charge in [0.1, 0.15) is 6.26 Å². The summed E-state index contributed by atoms with van der Waals surface area (Å²) in [6.45, 7) is 2.09. The minimum absolute atomic E-state index is 0.178. The number of rotatable bonds is 2. The first-order chi connectivity index (χ1) is 7.86. The first-order valence-electron chi connectivity index (χ1n) is 5.42. The highest BCUT2D eigenvalue weighted by Crippen LogP contribution is 2.22. The Kier molecular flexibility index (Phi) is 2.06. The zero-order chi connectivity index (χ0) is 11.0. The largest absolute Gasteiger partial charge is 0.469 e. The zero-order valence-corrected chi connectivity index (χ0v) is 9.03. The van der Waals surface area contributed by atoms with E-state index >= 15 is 0 Å². The highest BCUT2D eigenvalue weighted by atomic mass is 16.5. The fourth-order valence-electron chi connectivity index (χ4n) is 1.80. The first-order valence-corrected chi connectivity index (χ1v) is 5.42. The SMILES string of the molecule is CCC1=COC(c2nc3ccccc3[nH]2)N1. The number of aromatic amines is 1. The van der Waals surface area contributed by atoms with Gasteiger partial charge in [-0.25, -0.2) is 4.98 Å². The summed E-state index contributed by atoms with van der Waals surface area (Å²) in [4.78, 5) is 7.74. The quantitative estimate of drug-likeness (QED) is 0.808. The van der Waals surface area contributed by atoms with Crippen LogP contribution in [0.4, 0.5) is 0 Å². The molecule has 1 unspecified atom stereocenters. The highest BCUT2D eigenvalue weighted by molar-refractivity contribution is 5.74. The standard InChI is InChI=1S/C12H13N3O/c1-2-8-7-16-12(13-8)11-14-9-5-3-4-6-10(9)15-11/h3-7,12-13H,2H2,1H3,(H,14,15). The van der Waals surface area contributed by atoms with E-state index in [4.69, 9.17) is 4.74 Å². The number of H-pyrrole nitrogens is 1. The Morgan fingerprint density at radius 1 is 1.38 bits per heavy atom. The molecule has 0 radical (unpaired) electrons. The van der Waals surface area contributed by atoms with Crippen molar-refractivity contribution in [2.45, 2.75) is 19.6 Å². The van der Waals surface area contributed by atoms with Crippen molar-refractivity contribution in [1.82, 2.24) is 15.3 Å². The summed E-state index contributed by atoms with van der Waals surface area (Å²) < 4.78 is 5.51. The molecule has 2 heterocycles. The van der Waals surface area contributed by atoms with E-state index in [-0.39, 0.29) is 6.23 Å². The Hall–Kier alpha value is -1.97. The number of nitrogens with one attached hydrogen (secondary N) is 2. The maximum Gasteiger partial charge on any atom is 0.227 e. The lowest BCUT2D eigenvalue weighted by molar-refractivity contribution is 0.146. The molecule has 0 spiro atoms. The Bertz CT molecular complexity index is 511. The molecule has 4 heteroatoms. The van der Waals surface area contributed by atoms with Crippen LogP contribution in [0.5, 0.6) is 0 Å². The molecule has 0 saturated carbocycles. The third-order valence-electron chi connectivity index (χ3n) is 2.70. The highest BCUT2D eigenvalue weighted by Gasteiger charge is 2.21. The van der Waals surface area contributed by atoms with Gasteiger partial charge >= 0.3 is 0 Å². The fraction of sp³-hybridized carbons (Fsp3) is 0.250. The molecule has 0 aliphatic carbocycles. The van der Waals surface area contributed by atoms with Crippen molar-refractivity contribution in [3.8, 4) is 0 Å². The molecule has 1 aromatic heterocycles. The molecular weight excluding hydrogens is 202 g/mol. The summed E-state index contributed by atoms with van der Waals surface area (Å²) in [7, 11) is 0. The minimum Gasteiger partial charge on any atom is -0.469 e. The van der Waals surface area contributed by atoms with Gasteiger partial charge in [-0.1, -0.05) is 19.1 Å². The fourth-order valence-corrected chi connectivity index (χ4v) is 1.80. The minimum atomic E-state index is -0.178. The van der Waals surface area contributed by atoms with Gasteiger partial charge in [0.05, 0.1) is 11.0 Å². The van der Waals surface area contributed by atoms with Crippen molar-refractivity contribution in [2.75, 3.05) is 0 Å². The van der Waals surface area contributed by atoms with Gasteiger partial charge < -0.3 is 15.0 Å². The van der Waals surface area contributed by atoms with Crippen LogP contribution < -0.4 is 5.32 Å². The van der Waals surface area contributed by atoms with Gasteiger partial charge in [0.2, 0.25) is 6.23 Å². The summed E-state index contributed by atoms with van der Waals surface area (Å²) in [5.41, 5.74) is 3.10. The molecule has 1 atom stereocenters. The summed E-state index contributed by atoms with van der Waals surface area (Å²) in [6, 6.07) is 7.96. The first kappa shape index (κ1) is 9.27. The van der Waals surface area contributed by atoms with Gasteiger partial charge in [-0.05, 0) is 18.6 Å². The van der Waals surface area contributed by atoms with Crippen LogP contribution in [0.1, 0.15) is 25.4 Å². The summed E-state index contributed by atoms with van der Waals surface area (Å²) in [5.74, 6) is 0.820. The molecule has 4 nitrogen and oxygen atoms in total. The maximum atomic E-state index is 5.51. The van der Waals surface area contributed by atoms with Gasteiger partial charge in [0.25, 0.3) is 0 Å². The molecule has 3 rings (SSSR count). The van der Waals surface area contributed by atoms with E-state index in [9.17, 15) is 0 Å². The molecule has 0 bridgehead atoms. The predicted octanol–water partition coefficient (Wildman–Crippen LogP) is 2.43. The molecule has 1 aliphatic heterocycles. The van der Waals surface area contributed by atoms with Crippen molar-refractivity contribution >= 4 is 11.0 Å². The molecule has 2 N–H and O–H groups in total. The van der Waals surface area contributed by atoms with Crippen LogP contribution in [0, 0.1) is 0 Å². The zero-order valence-electron chi connectivity index (χ0n) is 9.03.